The third kappa shape index (κ3) is 8.83. The van der Waals surface area contributed by atoms with Gasteiger partial charge in [0.05, 0.1) is 17.2 Å². The highest BCUT2D eigenvalue weighted by Gasteiger charge is 2.14. The van der Waals surface area contributed by atoms with Crippen molar-refractivity contribution in [2.75, 3.05) is 6.61 Å². The predicted octanol–water partition coefficient (Wildman–Crippen LogP) is 7.25. The quantitative estimate of drug-likeness (QED) is 0.134. The lowest BCUT2D eigenvalue weighted by Crippen LogP contribution is -2.21. The number of sulfonamides is 1. The van der Waals surface area contributed by atoms with Gasteiger partial charge in [-0.25, -0.2) is 0 Å². The molecule has 0 radical (unpaired) electrons. The number of hydrogen-bond donors (Lipinski definition) is 1. The maximum atomic E-state index is 12.8. The number of rotatable bonds is 15. The van der Waals surface area contributed by atoms with Gasteiger partial charge in [-0.05, 0) is 49.7 Å². The van der Waals surface area contributed by atoms with Crippen molar-refractivity contribution in [2.24, 2.45) is 5.10 Å². The van der Waals surface area contributed by atoms with Crippen molar-refractivity contribution in [3.8, 4) is 5.75 Å². The first-order valence-electron chi connectivity index (χ1n) is 12.9. The van der Waals surface area contributed by atoms with E-state index in [1.165, 1.54) is 44.9 Å². The first-order chi connectivity index (χ1) is 17.5. The summed E-state index contributed by atoms with van der Waals surface area (Å²) in [6, 6.07) is 23.9. The predicted molar refractivity (Wildman–Crippen MR) is 148 cm³/mol. The zero-order valence-corrected chi connectivity index (χ0v) is 22.3. The fourth-order valence-electron chi connectivity index (χ4n) is 3.90. The Kier molecular flexibility index (Phi) is 11.0. The van der Waals surface area contributed by atoms with Crippen LogP contribution in [0.2, 0.25) is 0 Å². The summed E-state index contributed by atoms with van der Waals surface area (Å²) >= 11 is 0. The number of aryl methyl sites for hydroxylation is 1. The van der Waals surface area contributed by atoms with E-state index < -0.39 is 10.0 Å². The summed E-state index contributed by atoms with van der Waals surface area (Å²) in [6.07, 6.45) is 10.1. The van der Waals surface area contributed by atoms with Crippen LogP contribution < -0.4 is 9.57 Å². The Balaban J connectivity index is 1.62. The second-order valence-corrected chi connectivity index (χ2v) is 10.7. The van der Waals surface area contributed by atoms with Gasteiger partial charge in [0.25, 0.3) is 10.0 Å². The van der Waals surface area contributed by atoms with E-state index in [-0.39, 0.29) is 4.90 Å². The zero-order valence-electron chi connectivity index (χ0n) is 21.4. The van der Waals surface area contributed by atoms with E-state index in [9.17, 15) is 8.42 Å². The van der Waals surface area contributed by atoms with E-state index in [0.29, 0.717) is 12.3 Å². The average Bonchev–Trinajstić information content (AvgIpc) is 2.89. The second-order valence-electron chi connectivity index (χ2n) is 9.08. The van der Waals surface area contributed by atoms with Crippen molar-refractivity contribution in [2.45, 2.75) is 70.1 Å². The molecule has 0 fully saturated rings. The molecule has 0 aliphatic rings. The van der Waals surface area contributed by atoms with E-state index >= 15 is 0 Å². The third-order valence-corrected chi connectivity index (χ3v) is 7.27. The summed E-state index contributed by atoms with van der Waals surface area (Å²) in [5.41, 5.74) is 3.15. The summed E-state index contributed by atoms with van der Waals surface area (Å²) in [4.78, 5) is 2.58. The number of benzene rings is 3. The highest BCUT2D eigenvalue weighted by Crippen LogP contribution is 2.18. The number of nitrogens with zero attached hydrogens (tertiary/aromatic N) is 1. The molecule has 3 aromatic carbocycles. The van der Waals surface area contributed by atoms with Gasteiger partial charge in [-0.15, -0.1) is 0 Å². The van der Waals surface area contributed by atoms with Gasteiger partial charge >= 0.3 is 0 Å². The maximum absolute atomic E-state index is 12.8. The van der Waals surface area contributed by atoms with Crippen LogP contribution in [0.15, 0.2) is 88.9 Å². The molecule has 3 rings (SSSR count). The van der Waals surface area contributed by atoms with Crippen LogP contribution in [0.25, 0.3) is 0 Å². The molecule has 192 valence electrons. The number of hydrazone groups is 1. The molecule has 6 heteroatoms. The molecule has 0 aromatic heterocycles. The van der Waals surface area contributed by atoms with Crippen LogP contribution >= 0.6 is 0 Å². The number of hydrogen-bond acceptors (Lipinski definition) is 4. The second kappa shape index (κ2) is 14.4. The lowest BCUT2D eigenvalue weighted by atomic mass is 10.0. The van der Waals surface area contributed by atoms with Crippen LogP contribution in [-0.4, -0.2) is 20.7 Å². The minimum atomic E-state index is -3.79. The molecule has 5 nitrogen and oxygen atoms in total. The Bertz CT molecular complexity index is 1170. The summed E-state index contributed by atoms with van der Waals surface area (Å²) in [7, 11) is -3.79. The van der Waals surface area contributed by atoms with E-state index in [4.69, 9.17) is 4.74 Å². The topological polar surface area (TPSA) is 67.8 Å². The average molecular weight is 507 g/mol. The lowest BCUT2D eigenvalue weighted by Gasteiger charge is -2.11. The Morgan fingerprint density at radius 3 is 1.97 bits per heavy atom. The van der Waals surface area contributed by atoms with Gasteiger partial charge in [-0.2, -0.15) is 18.4 Å². The lowest BCUT2D eigenvalue weighted by molar-refractivity contribution is 0.304. The monoisotopic (exact) mass is 506 g/mol. The molecule has 0 spiro atoms. The molecule has 3 aromatic rings. The van der Waals surface area contributed by atoms with Crippen LogP contribution in [0.5, 0.6) is 5.75 Å². The van der Waals surface area contributed by atoms with Crippen LogP contribution in [0.4, 0.5) is 0 Å². The zero-order chi connectivity index (χ0) is 25.6. The highest BCUT2D eigenvalue weighted by atomic mass is 32.2. The maximum Gasteiger partial charge on any atom is 0.276 e. The summed E-state index contributed by atoms with van der Waals surface area (Å²) in [5, 5.41) is 4.32. The molecule has 0 saturated carbocycles. The SMILES string of the molecule is CCCCCCCCCCOc1ccc(/C(=N/NS(=O)(=O)c2ccc(C)cc2)c2ccccc2)cc1. The van der Waals surface area contributed by atoms with Crippen LogP contribution in [-0.2, 0) is 10.0 Å². The minimum absolute atomic E-state index is 0.175. The molecular formula is C30H38N2O3S. The van der Waals surface area contributed by atoms with Crippen LogP contribution in [0.3, 0.4) is 0 Å². The normalized spacial score (nSPS) is 11.9. The minimum Gasteiger partial charge on any atom is -0.494 e. The molecule has 36 heavy (non-hydrogen) atoms. The smallest absolute Gasteiger partial charge is 0.276 e. The van der Waals surface area contributed by atoms with E-state index in [0.717, 1.165) is 28.9 Å². The third-order valence-electron chi connectivity index (χ3n) is 6.05. The van der Waals surface area contributed by atoms with Gasteiger partial charge in [0, 0.05) is 11.1 Å². The van der Waals surface area contributed by atoms with Gasteiger partial charge in [-0.3, -0.25) is 0 Å². The van der Waals surface area contributed by atoms with Crippen molar-refractivity contribution in [1.82, 2.24) is 4.83 Å². The standard InChI is InChI=1S/C30H38N2O3S/c1-3-4-5-6-7-8-9-13-24-35-28-20-18-27(19-21-28)30(26-14-11-10-12-15-26)31-32-36(33,34)29-22-16-25(2)17-23-29/h10-12,14-23,32H,3-9,13,24H2,1-2H3/b31-30+. The highest BCUT2D eigenvalue weighted by molar-refractivity contribution is 7.89. The Labute approximate surface area is 216 Å². The number of unbranched alkanes of at least 4 members (excludes halogenated alkanes) is 7. The molecule has 0 aliphatic carbocycles. The summed E-state index contributed by atoms with van der Waals surface area (Å²) < 4.78 is 31.5. The summed E-state index contributed by atoms with van der Waals surface area (Å²) in [5.74, 6) is 0.800. The molecule has 0 heterocycles. The van der Waals surface area contributed by atoms with Gasteiger partial charge in [0.15, 0.2) is 0 Å². The Morgan fingerprint density at radius 1 is 0.750 bits per heavy atom. The van der Waals surface area contributed by atoms with Crippen LogP contribution in [0.1, 0.15) is 75.0 Å². The van der Waals surface area contributed by atoms with Crippen molar-refractivity contribution in [3.05, 3.63) is 95.6 Å². The van der Waals surface area contributed by atoms with Crippen molar-refractivity contribution in [1.29, 1.82) is 0 Å². The Hall–Kier alpha value is -3.12. The first-order valence-corrected chi connectivity index (χ1v) is 14.4. The summed E-state index contributed by atoms with van der Waals surface area (Å²) in [6.45, 7) is 4.86. The van der Waals surface area contributed by atoms with Crippen molar-refractivity contribution >= 4 is 15.7 Å². The first kappa shape index (κ1) is 27.5. The van der Waals surface area contributed by atoms with Gasteiger partial charge in [0.1, 0.15) is 5.75 Å². The Morgan fingerprint density at radius 2 is 1.33 bits per heavy atom. The molecule has 0 atom stereocenters. The number of ether oxygens (including phenoxy) is 1. The molecule has 0 saturated heterocycles. The number of nitrogens with one attached hydrogen (secondary N) is 1. The van der Waals surface area contributed by atoms with Crippen LogP contribution in [0, 0.1) is 6.92 Å². The van der Waals surface area contributed by atoms with E-state index in [1.54, 1.807) is 24.3 Å². The van der Waals surface area contributed by atoms with Gasteiger partial charge in [0.2, 0.25) is 0 Å². The van der Waals surface area contributed by atoms with E-state index in [1.807, 2.05) is 61.5 Å². The molecule has 1 N–H and O–H groups in total. The van der Waals surface area contributed by atoms with Gasteiger partial charge in [-0.1, -0.05) is 99.9 Å². The fourth-order valence-corrected chi connectivity index (χ4v) is 4.71. The molecule has 0 aliphatic heterocycles. The molecule has 0 unspecified atom stereocenters. The fraction of sp³-hybridized carbons (Fsp3) is 0.367. The van der Waals surface area contributed by atoms with Crippen molar-refractivity contribution in [3.63, 3.8) is 0 Å². The largest absolute Gasteiger partial charge is 0.494 e. The van der Waals surface area contributed by atoms with Gasteiger partial charge < -0.3 is 4.74 Å². The molecule has 0 bridgehead atoms. The molecule has 0 amide bonds. The molecular weight excluding hydrogens is 468 g/mol. The van der Waals surface area contributed by atoms with Crippen molar-refractivity contribution < 1.29 is 13.2 Å². The van der Waals surface area contributed by atoms with E-state index in [2.05, 4.69) is 16.9 Å².